The Labute approximate surface area is 126 Å². The normalized spacial score (nSPS) is 12.2. The van der Waals surface area contributed by atoms with Gasteiger partial charge in [0.1, 0.15) is 0 Å². The summed E-state index contributed by atoms with van der Waals surface area (Å²) in [6.45, 7) is 8.11. The summed E-state index contributed by atoms with van der Waals surface area (Å²) < 4.78 is 1.81. The van der Waals surface area contributed by atoms with E-state index in [1.165, 1.54) is 5.56 Å². The second-order valence-electron chi connectivity index (χ2n) is 5.56. The third-order valence-corrected chi connectivity index (χ3v) is 3.60. The Balaban J connectivity index is 2.22. The fraction of sp³-hybridized carbons (Fsp3) is 0.412. The number of aryl methyl sites for hydroxylation is 1. The van der Waals surface area contributed by atoms with Crippen molar-refractivity contribution in [2.45, 2.75) is 46.6 Å². The molecule has 1 amide bonds. The molecule has 0 aliphatic carbocycles. The van der Waals surface area contributed by atoms with Crippen LogP contribution in [0.25, 0.3) is 5.69 Å². The van der Waals surface area contributed by atoms with Crippen LogP contribution >= 0.6 is 0 Å². The topological polar surface area (TPSA) is 46.9 Å². The Hall–Kier alpha value is -2.10. The molecule has 1 unspecified atom stereocenters. The van der Waals surface area contributed by atoms with Gasteiger partial charge in [-0.3, -0.25) is 4.79 Å². The van der Waals surface area contributed by atoms with Gasteiger partial charge in [0.25, 0.3) is 5.91 Å². The number of carbonyl (C=O) groups excluding carboxylic acids is 1. The van der Waals surface area contributed by atoms with Crippen molar-refractivity contribution in [1.82, 2.24) is 15.1 Å². The Bertz CT molecular complexity index is 631. The zero-order valence-electron chi connectivity index (χ0n) is 13.2. The van der Waals surface area contributed by atoms with E-state index in [4.69, 9.17) is 0 Å². The average Bonchev–Trinajstić information content (AvgIpc) is 2.81. The van der Waals surface area contributed by atoms with Crippen molar-refractivity contribution in [3.05, 3.63) is 47.3 Å². The van der Waals surface area contributed by atoms with Gasteiger partial charge < -0.3 is 5.32 Å². The molecule has 0 radical (unpaired) electrons. The van der Waals surface area contributed by atoms with Crippen LogP contribution in [0.3, 0.4) is 0 Å². The number of hydrogen-bond donors (Lipinski definition) is 1. The maximum atomic E-state index is 12.3. The summed E-state index contributed by atoms with van der Waals surface area (Å²) >= 11 is 0. The minimum Gasteiger partial charge on any atom is -0.349 e. The van der Waals surface area contributed by atoms with Gasteiger partial charge in [0, 0.05) is 6.04 Å². The molecular weight excluding hydrogens is 262 g/mol. The van der Waals surface area contributed by atoms with Crippen molar-refractivity contribution >= 4 is 5.91 Å². The summed E-state index contributed by atoms with van der Waals surface area (Å²) in [7, 11) is 0. The van der Waals surface area contributed by atoms with Gasteiger partial charge in [-0.1, -0.05) is 25.5 Å². The lowest BCUT2D eigenvalue weighted by Gasteiger charge is -2.12. The van der Waals surface area contributed by atoms with Crippen LogP contribution in [0, 0.1) is 13.8 Å². The summed E-state index contributed by atoms with van der Waals surface area (Å²) in [5, 5.41) is 7.38. The highest BCUT2D eigenvalue weighted by atomic mass is 16.1. The summed E-state index contributed by atoms with van der Waals surface area (Å²) in [5.74, 6) is -0.0487. The van der Waals surface area contributed by atoms with Crippen molar-refractivity contribution in [1.29, 1.82) is 0 Å². The molecule has 2 aromatic rings. The average molecular weight is 285 g/mol. The molecule has 4 heteroatoms. The third kappa shape index (κ3) is 3.51. The van der Waals surface area contributed by atoms with Crippen LogP contribution in [0.2, 0.25) is 0 Å². The van der Waals surface area contributed by atoms with Crippen molar-refractivity contribution in [2.24, 2.45) is 0 Å². The lowest BCUT2D eigenvalue weighted by Crippen LogP contribution is -2.32. The Kier molecular flexibility index (Phi) is 4.78. The van der Waals surface area contributed by atoms with Gasteiger partial charge in [-0.2, -0.15) is 5.10 Å². The van der Waals surface area contributed by atoms with Gasteiger partial charge in [-0.15, -0.1) is 0 Å². The van der Waals surface area contributed by atoms with Crippen LogP contribution in [0.5, 0.6) is 0 Å². The van der Waals surface area contributed by atoms with Crippen LogP contribution in [0.4, 0.5) is 0 Å². The van der Waals surface area contributed by atoms with Gasteiger partial charge in [0.15, 0.2) is 0 Å². The van der Waals surface area contributed by atoms with Crippen LogP contribution in [-0.2, 0) is 0 Å². The highest BCUT2D eigenvalue weighted by Gasteiger charge is 2.16. The van der Waals surface area contributed by atoms with E-state index in [0.29, 0.717) is 5.56 Å². The molecule has 0 spiro atoms. The zero-order valence-corrected chi connectivity index (χ0v) is 13.2. The van der Waals surface area contributed by atoms with Gasteiger partial charge in [-0.25, -0.2) is 4.68 Å². The summed E-state index contributed by atoms with van der Waals surface area (Å²) in [4.78, 5) is 12.3. The molecule has 1 aromatic carbocycles. The fourth-order valence-corrected chi connectivity index (χ4v) is 2.46. The van der Waals surface area contributed by atoms with Gasteiger partial charge in [0.2, 0.25) is 0 Å². The van der Waals surface area contributed by atoms with Crippen LogP contribution in [0.15, 0.2) is 30.5 Å². The minimum absolute atomic E-state index is 0.0487. The molecule has 0 aliphatic heterocycles. The smallest absolute Gasteiger partial charge is 0.254 e. The first-order chi connectivity index (χ1) is 10.0. The van der Waals surface area contributed by atoms with E-state index < -0.39 is 0 Å². The molecular formula is C17H23N3O. The van der Waals surface area contributed by atoms with Crippen LogP contribution < -0.4 is 5.32 Å². The summed E-state index contributed by atoms with van der Waals surface area (Å²) in [6, 6.07) is 8.27. The maximum Gasteiger partial charge on any atom is 0.254 e. The van der Waals surface area contributed by atoms with E-state index in [1.54, 1.807) is 6.20 Å². The SMILES string of the molecule is CCCC(C)NC(=O)c1cnn(-c2cccc(C)c2)c1C. The molecule has 112 valence electrons. The number of rotatable bonds is 5. The molecule has 1 N–H and O–H groups in total. The first-order valence-electron chi connectivity index (χ1n) is 7.45. The highest BCUT2D eigenvalue weighted by Crippen LogP contribution is 2.15. The second-order valence-corrected chi connectivity index (χ2v) is 5.56. The predicted octanol–water partition coefficient (Wildman–Crippen LogP) is 3.41. The summed E-state index contributed by atoms with van der Waals surface area (Å²) in [5.41, 5.74) is 3.65. The molecule has 0 aliphatic rings. The first kappa shape index (κ1) is 15.3. The number of aromatic nitrogens is 2. The van der Waals surface area contributed by atoms with Crippen molar-refractivity contribution in [2.75, 3.05) is 0 Å². The zero-order chi connectivity index (χ0) is 15.4. The number of hydrogen-bond acceptors (Lipinski definition) is 2. The number of nitrogens with zero attached hydrogens (tertiary/aromatic N) is 2. The van der Waals surface area contributed by atoms with E-state index in [-0.39, 0.29) is 11.9 Å². The third-order valence-electron chi connectivity index (χ3n) is 3.60. The van der Waals surface area contributed by atoms with Crippen molar-refractivity contribution < 1.29 is 4.79 Å². The Morgan fingerprint density at radius 2 is 2.14 bits per heavy atom. The number of benzene rings is 1. The molecule has 21 heavy (non-hydrogen) atoms. The van der Waals surface area contributed by atoms with E-state index >= 15 is 0 Å². The van der Waals surface area contributed by atoms with Crippen LogP contribution in [0.1, 0.15) is 48.3 Å². The minimum atomic E-state index is -0.0487. The molecule has 1 atom stereocenters. The Morgan fingerprint density at radius 1 is 1.38 bits per heavy atom. The lowest BCUT2D eigenvalue weighted by molar-refractivity contribution is 0.0937. The van der Waals surface area contributed by atoms with E-state index in [2.05, 4.69) is 23.4 Å². The molecule has 0 saturated carbocycles. The molecule has 1 aromatic heterocycles. The van der Waals surface area contributed by atoms with Gasteiger partial charge >= 0.3 is 0 Å². The standard InChI is InChI=1S/C17H23N3O/c1-5-7-13(3)19-17(21)16-11-18-20(14(16)4)15-9-6-8-12(2)10-15/h6,8-11,13H,5,7H2,1-4H3,(H,19,21). The van der Waals surface area contributed by atoms with E-state index in [9.17, 15) is 4.79 Å². The van der Waals surface area contributed by atoms with Crippen LogP contribution in [-0.4, -0.2) is 21.7 Å². The van der Waals surface area contributed by atoms with Gasteiger partial charge in [-0.05, 0) is 44.9 Å². The number of carbonyl (C=O) groups is 1. The molecule has 1 heterocycles. The van der Waals surface area contributed by atoms with E-state index in [1.807, 2.05) is 43.7 Å². The maximum absolute atomic E-state index is 12.3. The monoisotopic (exact) mass is 285 g/mol. The molecule has 2 rings (SSSR count). The van der Waals surface area contributed by atoms with Gasteiger partial charge in [0.05, 0.1) is 23.1 Å². The highest BCUT2D eigenvalue weighted by molar-refractivity contribution is 5.95. The quantitative estimate of drug-likeness (QED) is 0.915. The van der Waals surface area contributed by atoms with E-state index in [0.717, 1.165) is 24.2 Å². The van der Waals surface area contributed by atoms with Crippen molar-refractivity contribution in [3.63, 3.8) is 0 Å². The molecule has 0 bridgehead atoms. The molecule has 0 saturated heterocycles. The van der Waals surface area contributed by atoms with Crippen molar-refractivity contribution in [3.8, 4) is 5.69 Å². The molecule has 0 fully saturated rings. The summed E-state index contributed by atoms with van der Waals surface area (Å²) in [6.07, 6.45) is 3.69. The second kappa shape index (κ2) is 6.57. The molecule has 4 nitrogen and oxygen atoms in total. The number of amides is 1. The fourth-order valence-electron chi connectivity index (χ4n) is 2.46. The first-order valence-corrected chi connectivity index (χ1v) is 7.45. The Morgan fingerprint density at radius 3 is 2.81 bits per heavy atom. The largest absolute Gasteiger partial charge is 0.349 e. The lowest BCUT2D eigenvalue weighted by atomic mass is 10.1. The predicted molar refractivity (Wildman–Crippen MR) is 84.9 cm³/mol. The number of nitrogens with one attached hydrogen (secondary N) is 1.